The van der Waals surface area contributed by atoms with Gasteiger partial charge in [0.05, 0.1) is 0 Å². The minimum absolute atomic E-state index is 0.0893. The lowest BCUT2D eigenvalue weighted by Gasteiger charge is -2.27. The van der Waals surface area contributed by atoms with Crippen molar-refractivity contribution in [3.63, 3.8) is 0 Å². The van der Waals surface area contributed by atoms with Crippen LogP contribution in [-0.2, 0) is 0 Å². The molecule has 0 nitrogen and oxygen atoms in total. The van der Waals surface area contributed by atoms with Gasteiger partial charge in [-0.05, 0) is 25.2 Å². The van der Waals surface area contributed by atoms with Gasteiger partial charge in [-0.1, -0.05) is 19.8 Å². The lowest BCUT2D eigenvalue weighted by Crippen LogP contribution is -2.23. The molecule has 1 fully saturated rings. The number of unbranched alkanes of at least 4 members (excludes halogenated alkanes) is 1. The van der Waals surface area contributed by atoms with Crippen molar-refractivity contribution in [1.29, 1.82) is 0 Å². The molecule has 0 unspecified atom stereocenters. The zero-order valence-corrected chi connectivity index (χ0v) is 7.71. The summed E-state index contributed by atoms with van der Waals surface area (Å²) < 4.78 is 25.4. The lowest BCUT2D eigenvalue weighted by atomic mass is 9.84. The summed E-state index contributed by atoms with van der Waals surface area (Å²) in [6.45, 7) is 2.14. The van der Waals surface area contributed by atoms with Crippen molar-refractivity contribution in [2.45, 2.75) is 57.8 Å². The van der Waals surface area contributed by atoms with Crippen molar-refractivity contribution < 1.29 is 8.78 Å². The van der Waals surface area contributed by atoms with Crippen LogP contribution in [0.2, 0.25) is 0 Å². The molecule has 1 saturated carbocycles. The summed E-state index contributed by atoms with van der Waals surface area (Å²) in [6, 6.07) is 0. The van der Waals surface area contributed by atoms with E-state index < -0.39 is 5.92 Å². The van der Waals surface area contributed by atoms with Gasteiger partial charge in [0, 0.05) is 12.8 Å². The Morgan fingerprint density at radius 2 is 1.83 bits per heavy atom. The maximum atomic E-state index is 12.7. The molecule has 0 N–H and O–H groups in total. The molecular weight excluding hydrogens is 158 g/mol. The second kappa shape index (κ2) is 4.20. The van der Waals surface area contributed by atoms with E-state index in [1.807, 2.05) is 0 Å². The van der Waals surface area contributed by atoms with Gasteiger partial charge in [-0.25, -0.2) is 8.78 Å². The van der Waals surface area contributed by atoms with Gasteiger partial charge in [0.1, 0.15) is 0 Å². The molecule has 0 heterocycles. The summed E-state index contributed by atoms with van der Waals surface area (Å²) in [4.78, 5) is 0. The molecule has 0 aromatic heterocycles. The molecule has 1 aliphatic carbocycles. The predicted molar refractivity (Wildman–Crippen MR) is 46.2 cm³/mol. The molecule has 0 bridgehead atoms. The van der Waals surface area contributed by atoms with E-state index >= 15 is 0 Å². The number of alkyl halides is 2. The molecule has 1 rings (SSSR count). The van der Waals surface area contributed by atoms with Crippen molar-refractivity contribution >= 4 is 0 Å². The van der Waals surface area contributed by atoms with Crippen molar-refractivity contribution in [3.8, 4) is 0 Å². The summed E-state index contributed by atoms with van der Waals surface area (Å²) in [5.41, 5.74) is 0. The van der Waals surface area contributed by atoms with E-state index in [0.717, 1.165) is 6.42 Å². The van der Waals surface area contributed by atoms with Crippen LogP contribution >= 0.6 is 0 Å². The molecule has 0 amide bonds. The van der Waals surface area contributed by atoms with E-state index in [4.69, 9.17) is 0 Å². The first-order valence-corrected chi connectivity index (χ1v) is 4.85. The third-order valence-electron chi connectivity index (χ3n) is 2.57. The van der Waals surface area contributed by atoms with Gasteiger partial charge < -0.3 is 0 Å². The maximum absolute atomic E-state index is 12.7. The fraction of sp³-hybridized carbons (Fsp3) is 0.900. The van der Waals surface area contributed by atoms with E-state index in [1.54, 1.807) is 0 Å². The molecule has 0 spiro atoms. The van der Waals surface area contributed by atoms with Gasteiger partial charge in [-0.15, -0.1) is 0 Å². The fourth-order valence-corrected chi connectivity index (χ4v) is 1.65. The van der Waals surface area contributed by atoms with Crippen LogP contribution in [0, 0.1) is 5.92 Å². The first-order valence-electron chi connectivity index (χ1n) is 4.85. The number of hydrogen-bond donors (Lipinski definition) is 0. The molecule has 0 atom stereocenters. The van der Waals surface area contributed by atoms with E-state index in [0.29, 0.717) is 12.8 Å². The van der Waals surface area contributed by atoms with Crippen LogP contribution < -0.4 is 0 Å². The summed E-state index contributed by atoms with van der Waals surface area (Å²) in [5.74, 6) is -1.00. The molecule has 2 heteroatoms. The second-order valence-corrected chi connectivity index (χ2v) is 3.71. The Labute approximate surface area is 73.3 Å². The normalized spacial score (nSPS) is 24.2. The van der Waals surface area contributed by atoms with Gasteiger partial charge in [0.2, 0.25) is 5.92 Å². The first-order chi connectivity index (χ1) is 5.64. The zero-order valence-electron chi connectivity index (χ0n) is 7.71. The van der Waals surface area contributed by atoms with Gasteiger partial charge in [-0.2, -0.15) is 0 Å². The first kappa shape index (κ1) is 9.94. The van der Waals surface area contributed by atoms with Gasteiger partial charge in [0.15, 0.2) is 0 Å². The largest absolute Gasteiger partial charge is 0.248 e. The van der Waals surface area contributed by atoms with Crippen LogP contribution in [0.4, 0.5) is 8.78 Å². The summed E-state index contributed by atoms with van der Waals surface area (Å²) >= 11 is 0. The highest BCUT2D eigenvalue weighted by Crippen LogP contribution is 2.39. The zero-order chi connectivity index (χ0) is 9.03. The average Bonchev–Trinajstić information content (AvgIpc) is 2.03. The standard InChI is InChI=1S/C10H17F2/c1-2-3-4-9-5-7-10(11,12)8-6-9/h2-8H2,1H3. The Morgan fingerprint density at radius 3 is 2.33 bits per heavy atom. The number of hydrogen-bond acceptors (Lipinski definition) is 0. The van der Waals surface area contributed by atoms with Crippen molar-refractivity contribution in [2.24, 2.45) is 0 Å². The highest BCUT2D eigenvalue weighted by atomic mass is 19.3. The van der Waals surface area contributed by atoms with Crippen LogP contribution in [0.15, 0.2) is 0 Å². The highest BCUT2D eigenvalue weighted by molar-refractivity contribution is 4.96. The van der Waals surface area contributed by atoms with E-state index in [-0.39, 0.29) is 12.8 Å². The predicted octanol–water partition coefficient (Wildman–Crippen LogP) is 3.96. The molecule has 71 valence electrons. The van der Waals surface area contributed by atoms with Crippen molar-refractivity contribution in [2.75, 3.05) is 0 Å². The monoisotopic (exact) mass is 175 g/mol. The SMILES string of the molecule is CCCC[C]1CCC(F)(F)CC1. The van der Waals surface area contributed by atoms with E-state index in [2.05, 4.69) is 6.92 Å². The molecule has 0 aliphatic heterocycles. The smallest absolute Gasteiger partial charge is 0.207 e. The molecular formula is C10H17F2. The van der Waals surface area contributed by atoms with Crippen LogP contribution in [0.1, 0.15) is 51.9 Å². The Morgan fingerprint density at radius 1 is 1.25 bits per heavy atom. The third kappa shape index (κ3) is 3.08. The maximum Gasteiger partial charge on any atom is 0.248 e. The highest BCUT2D eigenvalue weighted by Gasteiger charge is 2.34. The minimum atomic E-state index is -2.37. The Bertz CT molecular complexity index is 122. The summed E-state index contributed by atoms with van der Waals surface area (Å²) in [7, 11) is 0. The second-order valence-electron chi connectivity index (χ2n) is 3.71. The Hall–Kier alpha value is -0.140. The molecule has 0 aromatic carbocycles. The van der Waals surface area contributed by atoms with Crippen LogP contribution in [0.3, 0.4) is 0 Å². The van der Waals surface area contributed by atoms with Gasteiger partial charge >= 0.3 is 0 Å². The molecule has 1 aliphatic rings. The topological polar surface area (TPSA) is 0 Å². The summed E-state index contributed by atoms with van der Waals surface area (Å²) in [5, 5.41) is 0. The van der Waals surface area contributed by atoms with Crippen LogP contribution in [-0.4, -0.2) is 5.92 Å². The minimum Gasteiger partial charge on any atom is -0.207 e. The van der Waals surface area contributed by atoms with Gasteiger partial charge in [0.25, 0.3) is 0 Å². The molecule has 12 heavy (non-hydrogen) atoms. The average molecular weight is 175 g/mol. The van der Waals surface area contributed by atoms with E-state index in [9.17, 15) is 8.78 Å². The number of halogens is 2. The Kier molecular flexibility index (Phi) is 3.48. The molecule has 1 radical (unpaired) electrons. The molecule has 0 aromatic rings. The van der Waals surface area contributed by atoms with E-state index in [1.165, 1.54) is 18.8 Å². The Balaban J connectivity index is 2.18. The van der Waals surface area contributed by atoms with Crippen LogP contribution in [0.5, 0.6) is 0 Å². The third-order valence-corrected chi connectivity index (χ3v) is 2.57. The quantitative estimate of drug-likeness (QED) is 0.609. The summed E-state index contributed by atoms with van der Waals surface area (Å²) in [6.07, 6.45) is 4.91. The van der Waals surface area contributed by atoms with Crippen LogP contribution in [0.25, 0.3) is 0 Å². The van der Waals surface area contributed by atoms with Crippen molar-refractivity contribution in [1.82, 2.24) is 0 Å². The van der Waals surface area contributed by atoms with Gasteiger partial charge in [-0.3, -0.25) is 0 Å². The molecule has 0 saturated heterocycles. The lowest BCUT2D eigenvalue weighted by molar-refractivity contribution is -0.0302. The number of rotatable bonds is 3. The fourth-order valence-electron chi connectivity index (χ4n) is 1.65. The van der Waals surface area contributed by atoms with Crippen molar-refractivity contribution in [3.05, 3.63) is 5.92 Å².